The molecule has 1 heterocycles. The zero-order valence-corrected chi connectivity index (χ0v) is 15.6. The minimum absolute atomic E-state index is 0.331. The fraction of sp³-hybridized carbons (Fsp3) is 0.158. The Morgan fingerprint density at radius 2 is 2.07 bits per heavy atom. The number of ether oxygens (including phenoxy) is 1. The molecule has 138 valence electrons. The summed E-state index contributed by atoms with van der Waals surface area (Å²) < 4.78 is 6.61. The van der Waals surface area contributed by atoms with Crippen LogP contribution in [0.4, 0.5) is 4.79 Å². The van der Waals surface area contributed by atoms with E-state index in [2.05, 4.69) is 27.3 Å². The number of methoxy groups -OCH3 is 1. The average Bonchev–Trinajstić information content (AvgIpc) is 3.14. The minimum atomic E-state index is -0.331. The fourth-order valence-electron chi connectivity index (χ4n) is 2.51. The van der Waals surface area contributed by atoms with Gasteiger partial charge in [-0.05, 0) is 30.3 Å². The summed E-state index contributed by atoms with van der Waals surface area (Å²) in [5.41, 5.74) is 3.16. The minimum Gasteiger partial charge on any atom is -0.496 e. The highest BCUT2D eigenvalue weighted by Gasteiger charge is 2.10. The Balaban J connectivity index is 1.57. The predicted molar refractivity (Wildman–Crippen MR) is 108 cm³/mol. The molecule has 0 aliphatic rings. The van der Waals surface area contributed by atoms with Crippen LogP contribution in [-0.4, -0.2) is 40.7 Å². The molecule has 8 heteroatoms. The maximum absolute atomic E-state index is 12.3. The van der Waals surface area contributed by atoms with Crippen LogP contribution < -0.4 is 10.1 Å². The van der Waals surface area contributed by atoms with Crippen molar-refractivity contribution in [1.82, 2.24) is 20.3 Å². The highest BCUT2D eigenvalue weighted by atomic mass is 32.2. The molecule has 27 heavy (non-hydrogen) atoms. The van der Waals surface area contributed by atoms with Crippen molar-refractivity contribution >= 4 is 35.5 Å². The number of allylic oxidation sites excluding steroid dienone is 1. The smallest absolute Gasteiger partial charge is 0.344 e. The van der Waals surface area contributed by atoms with Crippen molar-refractivity contribution in [3.05, 3.63) is 65.2 Å². The molecule has 0 spiro atoms. The highest BCUT2D eigenvalue weighted by Crippen LogP contribution is 2.22. The third-order valence-electron chi connectivity index (χ3n) is 3.84. The van der Waals surface area contributed by atoms with Crippen LogP contribution in [-0.2, 0) is 6.42 Å². The van der Waals surface area contributed by atoms with Crippen molar-refractivity contribution in [2.45, 2.75) is 6.42 Å². The summed E-state index contributed by atoms with van der Waals surface area (Å²) >= 11 is 1.42. The van der Waals surface area contributed by atoms with Gasteiger partial charge in [-0.15, -0.1) is 16.9 Å². The van der Waals surface area contributed by atoms with Gasteiger partial charge < -0.3 is 10.1 Å². The Morgan fingerprint density at radius 1 is 1.30 bits per heavy atom. The number of hydrogen-bond donors (Lipinski definition) is 1. The van der Waals surface area contributed by atoms with Crippen LogP contribution in [0.3, 0.4) is 0 Å². The van der Waals surface area contributed by atoms with Gasteiger partial charge in [-0.2, -0.15) is 4.68 Å². The lowest BCUT2D eigenvalue weighted by molar-refractivity contribution is 0.241. The second kappa shape index (κ2) is 9.00. The number of hydrogen-bond acceptors (Lipinski definition) is 6. The summed E-state index contributed by atoms with van der Waals surface area (Å²) in [5, 5.41) is 12.5. The van der Waals surface area contributed by atoms with E-state index < -0.39 is 0 Å². The summed E-state index contributed by atoms with van der Waals surface area (Å²) in [4.78, 5) is 16.3. The average molecular weight is 381 g/mol. The SMILES string of the molecule is C=N/C(=C\SCNC(=O)n1nnc2ccccc21)Cc1ccccc1OC. The van der Waals surface area contributed by atoms with Gasteiger partial charge in [-0.1, -0.05) is 35.5 Å². The molecule has 1 aromatic heterocycles. The number of carbonyl (C=O) groups is 1. The first kappa shape index (κ1) is 18.7. The van der Waals surface area contributed by atoms with E-state index in [1.54, 1.807) is 13.2 Å². The molecule has 0 radical (unpaired) electrons. The lowest BCUT2D eigenvalue weighted by Crippen LogP contribution is -2.28. The third-order valence-corrected chi connectivity index (χ3v) is 4.59. The highest BCUT2D eigenvalue weighted by molar-refractivity contribution is 8.02. The number of aliphatic imine (C=N–C) groups is 1. The maximum Gasteiger partial charge on any atom is 0.344 e. The van der Waals surface area contributed by atoms with Crippen LogP contribution in [0, 0.1) is 0 Å². The van der Waals surface area contributed by atoms with Crippen molar-refractivity contribution < 1.29 is 9.53 Å². The molecule has 0 saturated heterocycles. The number of fused-ring (bicyclic) bond motifs is 1. The van der Waals surface area contributed by atoms with Gasteiger partial charge in [0, 0.05) is 12.0 Å². The molecule has 0 atom stereocenters. The second-order valence-corrected chi connectivity index (χ2v) is 6.40. The van der Waals surface area contributed by atoms with Crippen molar-refractivity contribution in [3.8, 4) is 5.75 Å². The Bertz CT molecular complexity index is 983. The van der Waals surface area contributed by atoms with Gasteiger partial charge in [-0.25, -0.2) is 4.79 Å². The number of para-hydroxylation sites is 2. The Kier molecular flexibility index (Phi) is 6.22. The van der Waals surface area contributed by atoms with Gasteiger partial charge in [-0.3, -0.25) is 4.99 Å². The molecular formula is C19H19N5O2S. The van der Waals surface area contributed by atoms with Crippen molar-refractivity contribution in [2.24, 2.45) is 4.99 Å². The van der Waals surface area contributed by atoms with E-state index >= 15 is 0 Å². The van der Waals surface area contributed by atoms with Gasteiger partial charge in [0.05, 0.1) is 24.2 Å². The standard InChI is InChI=1S/C19H19N5O2S/c1-20-15(11-14-7-3-6-10-18(14)26-2)12-27-13-21-19(25)24-17-9-5-4-8-16(17)22-23-24/h3-10,12H,1,11,13H2,2H3,(H,21,25)/b15-12-. The van der Waals surface area contributed by atoms with E-state index in [1.165, 1.54) is 16.4 Å². The Labute approximate surface area is 161 Å². The van der Waals surface area contributed by atoms with Crippen LogP contribution >= 0.6 is 11.8 Å². The van der Waals surface area contributed by atoms with E-state index in [-0.39, 0.29) is 6.03 Å². The van der Waals surface area contributed by atoms with E-state index in [4.69, 9.17) is 4.74 Å². The van der Waals surface area contributed by atoms with Crippen LogP contribution in [0.25, 0.3) is 11.0 Å². The monoisotopic (exact) mass is 381 g/mol. The first-order valence-electron chi connectivity index (χ1n) is 8.21. The molecule has 0 bridgehead atoms. The summed E-state index contributed by atoms with van der Waals surface area (Å²) in [7, 11) is 1.64. The van der Waals surface area contributed by atoms with E-state index in [9.17, 15) is 4.79 Å². The molecule has 0 saturated carbocycles. The van der Waals surface area contributed by atoms with Gasteiger partial charge in [0.15, 0.2) is 0 Å². The Morgan fingerprint density at radius 3 is 2.89 bits per heavy atom. The number of thioether (sulfide) groups is 1. The molecule has 7 nitrogen and oxygen atoms in total. The lowest BCUT2D eigenvalue weighted by Gasteiger charge is -2.08. The van der Waals surface area contributed by atoms with Gasteiger partial charge >= 0.3 is 6.03 Å². The summed E-state index contributed by atoms with van der Waals surface area (Å²) in [5.74, 6) is 1.18. The van der Waals surface area contributed by atoms with E-state index in [0.717, 1.165) is 17.0 Å². The topological polar surface area (TPSA) is 81.4 Å². The van der Waals surface area contributed by atoms with Gasteiger partial charge in [0.25, 0.3) is 0 Å². The number of amides is 1. The quantitative estimate of drug-likeness (QED) is 0.385. The molecule has 3 rings (SSSR count). The maximum atomic E-state index is 12.3. The number of rotatable bonds is 7. The van der Waals surface area contributed by atoms with Crippen LogP contribution in [0.5, 0.6) is 5.75 Å². The van der Waals surface area contributed by atoms with Crippen molar-refractivity contribution in [1.29, 1.82) is 0 Å². The Hall–Kier alpha value is -3.13. The van der Waals surface area contributed by atoms with Crippen LogP contribution in [0.2, 0.25) is 0 Å². The number of carbonyl (C=O) groups excluding carboxylic acids is 1. The van der Waals surface area contributed by atoms with Gasteiger partial charge in [0.1, 0.15) is 11.3 Å². The molecular weight excluding hydrogens is 362 g/mol. The largest absolute Gasteiger partial charge is 0.496 e. The van der Waals surface area contributed by atoms with E-state index in [0.29, 0.717) is 23.3 Å². The van der Waals surface area contributed by atoms with Crippen LogP contribution in [0.1, 0.15) is 5.56 Å². The zero-order chi connectivity index (χ0) is 19.1. The second-order valence-electron chi connectivity index (χ2n) is 5.54. The number of nitrogens with zero attached hydrogens (tertiary/aromatic N) is 4. The normalized spacial score (nSPS) is 11.4. The molecule has 2 aromatic carbocycles. The molecule has 0 fully saturated rings. The number of benzene rings is 2. The molecule has 1 N–H and O–H groups in total. The fourth-order valence-corrected chi connectivity index (χ4v) is 3.15. The molecule has 0 aliphatic heterocycles. The van der Waals surface area contributed by atoms with E-state index in [1.807, 2.05) is 47.9 Å². The number of nitrogens with one attached hydrogen (secondary N) is 1. The first-order chi connectivity index (χ1) is 13.2. The molecule has 1 amide bonds. The summed E-state index contributed by atoms with van der Waals surface area (Å²) in [6, 6.07) is 14.7. The molecule has 0 unspecified atom stereocenters. The zero-order valence-electron chi connectivity index (χ0n) is 14.8. The van der Waals surface area contributed by atoms with Crippen LogP contribution in [0.15, 0.2) is 64.6 Å². The van der Waals surface area contributed by atoms with Crippen molar-refractivity contribution in [3.63, 3.8) is 0 Å². The molecule has 3 aromatic rings. The third kappa shape index (κ3) is 4.53. The van der Waals surface area contributed by atoms with Crippen molar-refractivity contribution in [2.75, 3.05) is 13.0 Å². The first-order valence-corrected chi connectivity index (χ1v) is 9.25. The number of aromatic nitrogens is 3. The summed E-state index contributed by atoms with van der Waals surface area (Å²) in [6.07, 6.45) is 0.599. The summed E-state index contributed by atoms with van der Waals surface area (Å²) in [6.45, 7) is 3.62. The molecule has 0 aliphatic carbocycles. The van der Waals surface area contributed by atoms with Gasteiger partial charge in [0.2, 0.25) is 0 Å². The lowest BCUT2D eigenvalue weighted by atomic mass is 10.1. The predicted octanol–water partition coefficient (Wildman–Crippen LogP) is 3.47.